The lowest BCUT2D eigenvalue weighted by Gasteiger charge is -2.41. The summed E-state index contributed by atoms with van der Waals surface area (Å²) >= 11 is 9.09. The summed E-state index contributed by atoms with van der Waals surface area (Å²) in [6.45, 7) is 3.43. The predicted octanol–water partition coefficient (Wildman–Crippen LogP) is 5.06. The number of thioether (sulfide) groups is 2. The molecule has 9 heteroatoms. The molecular formula is C21H18ClN3O3S2. The van der Waals surface area contributed by atoms with Gasteiger partial charge in [0.1, 0.15) is 0 Å². The van der Waals surface area contributed by atoms with E-state index in [1.807, 2.05) is 60.4 Å². The summed E-state index contributed by atoms with van der Waals surface area (Å²) in [5, 5.41) is 6.95. The molecule has 0 fully saturated rings. The third-order valence-electron chi connectivity index (χ3n) is 4.64. The molecule has 4 rings (SSSR count). The number of hydrogen-bond acceptors (Lipinski definition) is 8. The number of nitrogens with zero attached hydrogens (tertiary/aromatic N) is 3. The lowest BCUT2D eigenvalue weighted by molar-refractivity contribution is -0.132. The van der Waals surface area contributed by atoms with Gasteiger partial charge in [0.15, 0.2) is 5.78 Å². The van der Waals surface area contributed by atoms with Crippen LogP contribution in [0.5, 0.6) is 0 Å². The standard InChI is InChI=1S/C21H18ClN3O3S2/c1-13-18(14(2)26)29-21(24(13)15-9-5-4-6-10-15)25(17-12-8-7-11-16(17)22)23-19(30-21)20(27)28-3/h4-12H,1-3H3/t21-/m1/s1. The first-order valence-electron chi connectivity index (χ1n) is 9.06. The first-order valence-corrected chi connectivity index (χ1v) is 11.1. The molecule has 2 aliphatic rings. The molecule has 2 aliphatic heterocycles. The van der Waals surface area contributed by atoms with Crippen LogP contribution in [0.25, 0.3) is 0 Å². The van der Waals surface area contributed by atoms with Crippen molar-refractivity contribution in [2.75, 3.05) is 17.0 Å². The van der Waals surface area contributed by atoms with Crippen molar-refractivity contribution >= 4 is 63.3 Å². The van der Waals surface area contributed by atoms with Crippen LogP contribution < -0.4 is 9.91 Å². The molecule has 0 radical (unpaired) electrons. The van der Waals surface area contributed by atoms with Gasteiger partial charge in [0, 0.05) is 11.4 Å². The SMILES string of the molecule is COC(=O)C1=NN(c2ccccc2Cl)[C@@]2(S1)SC(C(C)=O)=C(C)N2c1ccccc1. The molecule has 0 aliphatic carbocycles. The number of esters is 1. The van der Waals surface area contributed by atoms with Gasteiger partial charge in [0.05, 0.1) is 22.7 Å². The highest BCUT2D eigenvalue weighted by Crippen LogP contribution is 2.60. The van der Waals surface area contributed by atoms with Gasteiger partial charge in [-0.05, 0) is 49.9 Å². The third kappa shape index (κ3) is 3.29. The Morgan fingerprint density at radius 2 is 1.73 bits per heavy atom. The Bertz CT molecular complexity index is 1090. The van der Waals surface area contributed by atoms with E-state index in [9.17, 15) is 9.59 Å². The van der Waals surface area contributed by atoms with E-state index in [2.05, 4.69) is 5.10 Å². The van der Waals surface area contributed by atoms with Gasteiger partial charge in [-0.1, -0.05) is 53.7 Å². The number of hydrazone groups is 1. The lowest BCUT2D eigenvalue weighted by atomic mass is 10.2. The molecule has 2 aromatic carbocycles. The minimum atomic E-state index is -0.985. The molecule has 0 unspecified atom stereocenters. The molecule has 0 saturated carbocycles. The fraction of sp³-hybridized carbons (Fsp3) is 0.190. The van der Waals surface area contributed by atoms with Crippen LogP contribution in [0, 0.1) is 0 Å². The summed E-state index contributed by atoms with van der Waals surface area (Å²) in [6, 6.07) is 17.0. The van der Waals surface area contributed by atoms with Gasteiger partial charge in [-0.2, -0.15) is 5.10 Å². The molecule has 0 aromatic heterocycles. The molecule has 1 atom stereocenters. The van der Waals surface area contributed by atoms with Gasteiger partial charge >= 0.3 is 5.97 Å². The number of ether oxygens (including phenoxy) is 1. The van der Waals surface area contributed by atoms with Crippen molar-refractivity contribution in [2.45, 2.75) is 18.2 Å². The zero-order valence-electron chi connectivity index (χ0n) is 16.5. The van der Waals surface area contributed by atoms with Crippen molar-refractivity contribution in [1.82, 2.24) is 0 Å². The molecule has 30 heavy (non-hydrogen) atoms. The smallest absolute Gasteiger partial charge is 0.365 e. The maximum Gasteiger partial charge on any atom is 0.365 e. The second kappa shape index (κ2) is 8.02. The predicted molar refractivity (Wildman–Crippen MR) is 124 cm³/mol. The Kier molecular flexibility index (Phi) is 5.57. The number of carbonyl (C=O) groups excluding carboxylic acids is 2. The molecular weight excluding hydrogens is 442 g/mol. The van der Waals surface area contributed by atoms with E-state index >= 15 is 0 Å². The average Bonchev–Trinajstić information content (AvgIpc) is 3.26. The number of allylic oxidation sites excluding steroid dienone is 2. The second-order valence-electron chi connectivity index (χ2n) is 6.55. The minimum Gasteiger partial charge on any atom is -0.464 e. The molecule has 2 heterocycles. The van der Waals surface area contributed by atoms with Crippen LogP contribution in [0.2, 0.25) is 5.02 Å². The number of ketones is 1. The van der Waals surface area contributed by atoms with Gasteiger partial charge < -0.3 is 9.64 Å². The van der Waals surface area contributed by atoms with Gasteiger partial charge in [0.2, 0.25) is 9.37 Å². The van der Waals surface area contributed by atoms with Crippen molar-refractivity contribution in [3.63, 3.8) is 0 Å². The number of methoxy groups -OCH3 is 1. The normalized spacial score (nSPS) is 20.7. The summed E-state index contributed by atoms with van der Waals surface area (Å²) in [6.07, 6.45) is 0. The number of Topliss-reactive ketones (excluding diaryl/α,β-unsaturated/α-hetero) is 1. The van der Waals surface area contributed by atoms with Crippen molar-refractivity contribution in [3.8, 4) is 0 Å². The second-order valence-corrected chi connectivity index (χ2v) is 9.56. The van der Waals surface area contributed by atoms with E-state index < -0.39 is 10.3 Å². The summed E-state index contributed by atoms with van der Waals surface area (Å²) in [7, 11) is 1.32. The van der Waals surface area contributed by atoms with E-state index in [-0.39, 0.29) is 10.8 Å². The summed E-state index contributed by atoms with van der Waals surface area (Å²) < 4.78 is 3.95. The van der Waals surface area contributed by atoms with E-state index in [1.165, 1.54) is 37.6 Å². The van der Waals surface area contributed by atoms with Gasteiger partial charge in [-0.25, -0.2) is 9.80 Å². The summed E-state index contributed by atoms with van der Waals surface area (Å²) in [4.78, 5) is 27.5. The molecule has 0 amide bonds. The highest BCUT2D eigenvalue weighted by atomic mass is 35.5. The van der Waals surface area contributed by atoms with Crippen LogP contribution in [0.3, 0.4) is 0 Å². The lowest BCUT2D eigenvalue weighted by Crippen LogP contribution is -2.49. The van der Waals surface area contributed by atoms with E-state index in [4.69, 9.17) is 16.3 Å². The van der Waals surface area contributed by atoms with E-state index in [0.29, 0.717) is 15.6 Å². The highest BCUT2D eigenvalue weighted by molar-refractivity contribution is 8.29. The Morgan fingerprint density at radius 1 is 1.07 bits per heavy atom. The fourth-order valence-electron chi connectivity index (χ4n) is 3.37. The van der Waals surface area contributed by atoms with Crippen LogP contribution in [-0.4, -0.2) is 28.2 Å². The number of anilines is 2. The maximum absolute atomic E-state index is 12.5. The van der Waals surface area contributed by atoms with Crippen molar-refractivity contribution in [1.29, 1.82) is 0 Å². The Labute approximate surface area is 187 Å². The maximum atomic E-state index is 12.5. The molecule has 1 spiro atoms. The molecule has 0 N–H and O–H groups in total. The number of para-hydroxylation sites is 2. The largest absolute Gasteiger partial charge is 0.464 e. The minimum absolute atomic E-state index is 0.0541. The number of rotatable bonds is 4. The van der Waals surface area contributed by atoms with E-state index in [0.717, 1.165) is 11.4 Å². The van der Waals surface area contributed by atoms with Crippen molar-refractivity contribution < 1.29 is 14.3 Å². The van der Waals surface area contributed by atoms with E-state index in [1.54, 1.807) is 11.1 Å². The Balaban J connectivity index is 1.94. The van der Waals surface area contributed by atoms with Crippen molar-refractivity contribution in [2.24, 2.45) is 5.10 Å². The van der Waals surface area contributed by atoms with Crippen LogP contribution in [0.15, 0.2) is 70.3 Å². The fourth-order valence-corrected chi connectivity index (χ4v) is 6.55. The molecule has 0 saturated heterocycles. The number of hydrogen-bond donors (Lipinski definition) is 0. The van der Waals surface area contributed by atoms with Crippen LogP contribution in [0.1, 0.15) is 13.8 Å². The Hall–Kier alpha value is -2.42. The van der Waals surface area contributed by atoms with Crippen molar-refractivity contribution in [3.05, 3.63) is 70.2 Å². The topological polar surface area (TPSA) is 62.2 Å². The molecule has 2 aromatic rings. The monoisotopic (exact) mass is 459 g/mol. The number of benzene rings is 2. The van der Waals surface area contributed by atoms with Crippen LogP contribution in [-0.2, 0) is 14.3 Å². The quantitative estimate of drug-likeness (QED) is 0.592. The number of halogens is 1. The molecule has 154 valence electrons. The highest BCUT2D eigenvalue weighted by Gasteiger charge is 2.58. The summed E-state index contributed by atoms with van der Waals surface area (Å²) in [5.74, 6) is -0.599. The zero-order chi connectivity index (χ0) is 21.5. The van der Waals surface area contributed by atoms with Gasteiger partial charge in [-0.3, -0.25) is 4.79 Å². The molecule has 0 bridgehead atoms. The number of carbonyl (C=O) groups is 2. The van der Waals surface area contributed by atoms with Crippen LogP contribution in [0.4, 0.5) is 11.4 Å². The zero-order valence-corrected chi connectivity index (χ0v) is 18.8. The summed E-state index contributed by atoms with van der Waals surface area (Å²) in [5.41, 5.74) is 2.27. The van der Waals surface area contributed by atoms with Crippen LogP contribution >= 0.6 is 35.1 Å². The average molecular weight is 460 g/mol. The molecule has 6 nitrogen and oxygen atoms in total. The Morgan fingerprint density at radius 3 is 2.37 bits per heavy atom. The third-order valence-corrected chi connectivity index (χ3v) is 7.94. The van der Waals surface area contributed by atoms with Gasteiger partial charge in [0.25, 0.3) is 0 Å². The van der Waals surface area contributed by atoms with Gasteiger partial charge in [-0.15, -0.1) is 0 Å². The first kappa shape index (κ1) is 20.8. The first-order chi connectivity index (χ1) is 14.4.